The molecule has 0 aliphatic carbocycles. The van der Waals surface area contributed by atoms with Gasteiger partial charge in [-0.1, -0.05) is 41.4 Å². The molecule has 0 aliphatic heterocycles. The molecule has 0 aliphatic rings. The molecule has 8 heteroatoms. The highest BCUT2D eigenvalue weighted by molar-refractivity contribution is 9.15. The smallest absolute Gasteiger partial charge is 0.264 e. The molecule has 0 unspecified atom stereocenters. The van der Waals surface area contributed by atoms with Crippen molar-refractivity contribution in [1.29, 1.82) is 0 Å². The van der Waals surface area contributed by atoms with Crippen molar-refractivity contribution in [1.82, 2.24) is 4.31 Å². The highest BCUT2D eigenvalue weighted by Gasteiger charge is 2.30. The molecule has 3 aromatic rings. The average molecular weight is 535 g/mol. The topological polar surface area (TPSA) is 63.7 Å². The Morgan fingerprint density at radius 2 is 1.44 bits per heavy atom. The summed E-state index contributed by atoms with van der Waals surface area (Å²) in [5.41, 5.74) is 1.83. The number of aryl methyl sites for hydroxylation is 1. The van der Waals surface area contributed by atoms with Crippen molar-refractivity contribution < 1.29 is 17.9 Å². The van der Waals surface area contributed by atoms with Crippen LogP contribution in [0.5, 0.6) is 5.75 Å². The Labute approximate surface area is 201 Å². The maximum atomic E-state index is 13.5. The molecule has 0 aromatic heterocycles. The standard InChI is InChI=1S/C24H21BrClNO4S/c1-16-4-14-21(15-5-16)32(29,30)27(2)23(24(28)18-6-10-19(26)11-7-18)22(25)17-8-12-20(31-3)13-9-17/h4-15H,1-3H3/b23-22+. The van der Waals surface area contributed by atoms with E-state index < -0.39 is 15.8 Å². The highest BCUT2D eigenvalue weighted by atomic mass is 79.9. The predicted octanol–water partition coefficient (Wildman–Crippen LogP) is 5.92. The van der Waals surface area contributed by atoms with Crippen LogP contribution in [0.4, 0.5) is 0 Å². The van der Waals surface area contributed by atoms with Crippen molar-refractivity contribution >= 4 is 47.8 Å². The SMILES string of the molecule is COc1ccc(/C(Br)=C(/C(=O)c2ccc(Cl)cc2)N(C)S(=O)(=O)c2ccc(C)cc2)cc1. The quantitative estimate of drug-likeness (QED) is 0.279. The van der Waals surface area contributed by atoms with E-state index in [1.807, 2.05) is 6.92 Å². The van der Waals surface area contributed by atoms with Gasteiger partial charge in [0.05, 0.1) is 16.5 Å². The van der Waals surface area contributed by atoms with E-state index in [1.54, 1.807) is 67.8 Å². The summed E-state index contributed by atoms with van der Waals surface area (Å²) in [6, 6.07) is 19.7. The molecule has 0 spiro atoms. The summed E-state index contributed by atoms with van der Waals surface area (Å²) < 4.78 is 33.3. The molecular formula is C24H21BrClNO4S. The van der Waals surface area contributed by atoms with Crippen LogP contribution in [0.15, 0.2) is 83.4 Å². The van der Waals surface area contributed by atoms with Gasteiger partial charge in [0.25, 0.3) is 10.0 Å². The van der Waals surface area contributed by atoms with Crippen molar-refractivity contribution in [2.45, 2.75) is 11.8 Å². The summed E-state index contributed by atoms with van der Waals surface area (Å²) in [6.45, 7) is 1.87. The Balaban J connectivity index is 2.17. The lowest BCUT2D eigenvalue weighted by Crippen LogP contribution is -2.31. The number of ether oxygens (including phenoxy) is 1. The summed E-state index contributed by atoms with van der Waals surface area (Å²) in [7, 11) is -1.09. The molecule has 3 aromatic carbocycles. The number of Topliss-reactive ketones (excluding diaryl/α,β-unsaturated/α-hetero) is 1. The van der Waals surface area contributed by atoms with Crippen molar-refractivity contribution in [2.24, 2.45) is 0 Å². The molecule has 0 heterocycles. The summed E-state index contributed by atoms with van der Waals surface area (Å²) >= 11 is 9.43. The van der Waals surface area contributed by atoms with Gasteiger partial charge in [0.2, 0.25) is 5.78 Å². The second kappa shape index (κ2) is 9.90. The number of hydrogen-bond donors (Lipinski definition) is 0. The molecule has 3 rings (SSSR count). The second-order valence-electron chi connectivity index (χ2n) is 7.01. The van der Waals surface area contributed by atoms with Crippen molar-refractivity contribution in [3.8, 4) is 5.75 Å². The van der Waals surface area contributed by atoms with Gasteiger partial charge in [-0.05, 0) is 76.9 Å². The van der Waals surface area contributed by atoms with Crippen molar-refractivity contribution in [2.75, 3.05) is 14.2 Å². The second-order valence-corrected chi connectivity index (χ2v) is 10.2. The monoisotopic (exact) mass is 533 g/mol. The molecule has 166 valence electrons. The zero-order valence-electron chi connectivity index (χ0n) is 17.7. The van der Waals surface area contributed by atoms with Crippen LogP contribution in [-0.2, 0) is 10.0 Å². The first-order chi connectivity index (χ1) is 15.1. The molecule has 0 saturated heterocycles. The molecule has 0 fully saturated rings. The number of benzene rings is 3. The molecule has 0 amide bonds. The Kier molecular flexibility index (Phi) is 7.44. The lowest BCUT2D eigenvalue weighted by molar-refractivity contribution is 0.101. The average Bonchev–Trinajstić information content (AvgIpc) is 2.79. The number of halogens is 2. The van der Waals surface area contributed by atoms with Crippen LogP contribution in [0.3, 0.4) is 0 Å². The van der Waals surface area contributed by atoms with Crippen molar-refractivity contribution in [3.05, 3.63) is 100 Å². The van der Waals surface area contributed by atoms with E-state index in [4.69, 9.17) is 16.3 Å². The van der Waals surface area contributed by atoms with Gasteiger partial charge in [0.1, 0.15) is 11.4 Å². The first kappa shape index (κ1) is 24.0. The molecule has 0 saturated carbocycles. The number of rotatable bonds is 7. The molecule has 5 nitrogen and oxygen atoms in total. The highest BCUT2D eigenvalue weighted by Crippen LogP contribution is 2.33. The third kappa shape index (κ3) is 5.06. The van der Waals surface area contributed by atoms with Gasteiger partial charge < -0.3 is 4.74 Å². The Hall–Kier alpha value is -2.61. The van der Waals surface area contributed by atoms with Crippen LogP contribution in [0.25, 0.3) is 4.48 Å². The number of ketones is 1. The lowest BCUT2D eigenvalue weighted by Gasteiger charge is -2.24. The van der Waals surface area contributed by atoms with E-state index in [1.165, 1.54) is 19.2 Å². The van der Waals surface area contributed by atoms with E-state index in [0.29, 0.717) is 26.4 Å². The fourth-order valence-corrected chi connectivity index (χ4v) is 5.15. The number of nitrogens with zero attached hydrogens (tertiary/aromatic N) is 1. The predicted molar refractivity (Wildman–Crippen MR) is 131 cm³/mol. The van der Waals surface area contributed by atoms with Crippen LogP contribution in [0.1, 0.15) is 21.5 Å². The summed E-state index contributed by atoms with van der Waals surface area (Å²) in [5, 5.41) is 0.474. The van der Waals surface area contributed by atoms with Crippen LogP contribution >= 0.6 is 27.5 Å². The fourth-order valence-electron chi connectivity index (χ4n) is 2.98. The summed E-state index contributed by atoms with van der Waals surface area (Å²) in [6.07, 6.45) is 0. The third-order valence-electron chi connectivity index (χ3n) is 4.87. The Morgan fingerprint density at radius 1 is 0.906 bits per heavy atom. The number of allylic oxidation sites excluding steroid dienone is 1. The normalized spacial score (nSPS) is 12.2. The maximum Gasteiger partial charge on any atom is 0.264 e. The zero-order valence-corrected chi connectivity index (χ0v) is 20.8. The number of carbonyl (C=O) groups is 1. The molecular weight excluding hydrogens is 514 g/mol. The minimum Gasteiger partial charge on any atom is -0.497 e. The zero-order chi connectivity index (χ0) is 23.5. The number of likely N-dealkylation sites (N-methyl/N-ethyl adjacent to an activating group) is 1. The number of sulfonamides is 1. The minimum absolute atomic E-state index is 0.0296. The molecule has 32 heavy (non-hydrogen) atoms. The lowest BCUT2D eigenvalue weighted by atomic mass is 10.1. The summed E-state index contributed by atoms with van der Waals surface area (Å²) in [4.78, 5) is 13.6. The van der Waals surface area contributed by atoms with Gasteiger partial charge >= 0.3 is 0 Å². The molecule has 0 radical (unpaired) electrons. The van der Waals surface area contributed by atoms with E-state index >= 15 is 0 Å². The number of methoxy groups -OCH3 is 1. The Morgan fingerprint density at radius 3 is 1.97 bits per heavy atom. The molecule has 0 N–H and O–H groups in total. The third-order valence-corrected chi connectivity index (χ3v) is 7.72. The van der Waals surface area contributed by atoms with E-state index in [-0.39, 0.29) is 10.6 Å². The largest absolute Gasteiger partial charge is 0.497 e. The number of carbonyl (C=O) groups excluding carboxylic acids is 1. The number of hydrogen-bond acceptors (Lipinski definition) is 4. The first-order valence-corrected chi connectivity index (χ1v) is 12.2. The van der Waals surface area contributed by atoms with E-state index in [9.17, 15) is 13.2 Å². The summed E-state index contributed by atoms with van der Waals surface area (Å²) in [5.74, 6) is 0.169. The van der Waals surface area contributed by atoms with E-state index in [0.717, 1.165) is 9.87 Å². The fraction of sp³-hybridized carbons (Fsp3) is 0.125. The Bertz CT molecular complexity index is 1250. The van der Waals surface area contributed by atoms with Crippen molar-refractivity contribution in [3.63, 3.8) is 0 Å². The van der Waals surface area contributed by atoms with Gasteiger partial charge in [-0.15, -0.1) is 0 Å². The van der Waals surface area contributed by atoms with Gasteiger partial charge in [-0.25, -0.2) is 8.42 Å². The van der Waals surface area contributed by atoms with Gasteiger partial charge in [-0.3, -0.25) is 9.10 Å². The molecule has 0 bridgehead atoms. The van der Waals surface area contributed by atoms with Crippen LogP contribution < -0.4 is 4.74 Å². The van der Waals surface area contributed by atoms with Crippen LogP contribution in [0.2, 0.25) is 5.02 Å². The minimum atomic E-state index is -4.01. The van der Waals surface area contributed by atoms with E-state index in [2.05, 4.69) is 15.9 Å². The van der Waals surface area contributed by atoms with Crippen LogP contribution in [0, 0.1) is 6.92 Å². The van der Waals surface area contributed by atoms with Gasteiger partial charge in [0, 0.05) is 17.6 Å². The van der Waals surface area contributed by atoms with Crippen LogP contribution in [-0.4, -0.2) is 32.7 Å². The molecule has 0 atom stereocenters. The maximum absolute atomic E-state index is 13.5. The van der Waals surface area contributed by atoms with Gasteiger partial charge in [-0.2, -0.15) is 0 Å². The van der Waals surface area contributed by atoms with Gasteiger partial charge in [0.15, 0.2) is 0 Å². The first-order valence-electron chi connectivity index (χ1n) is 9.55.